The van der Waals surface area contributed by atoms with Gasteiger partial charge in [-0.25, -0.2) is 4.98 Å². The van der Waals surface area contributed by atoms with Crippen molar-refractivity contribution in [1.29, 1.82) is 0 Å². The van der Waals surface area contributed by atoms with Gasteiger partial charge < -0.3 is 9.47 Å². The third-order valence-electron chi connectivity index (χ3n) is 6.02. The van der Waals surface area contributed by atoms with Gasteiger partial charge in [-0.15, -0.1) is 0 Å². The first-order chi connectivity index (χ1) is 19.2. The lowest BCUT2D eigenvalue weighted by Gasteiger charge is -2.13. The van der Waals surface area contributed by atoms with Crippen LogP contribution in [0.4, 0.5) is 13.2 Å². The molecule has 0 fully saturated rings. The van der Waals surface area contributed by atoms with Crippen LogP contribution < -0.4 is 15.0 Å². The quantitative estimate of drug-likeness (QED) is 0.196. The SMILES string of the molecule is COc1cc(C=Nn2c(-c3cccc(C(F)(F)F)c3)nc3ccccc3c2=O)ccc1OCc1ccc(Cl)cc1. The molecule has 1 aromatic heterocycles. The lowest BCUT2D eigenvalue weighted by atomic mass is 10.1. The van der Waals surface area contributed by atoms with E-state index in [4.69, 9.17) is 21.1 Å². The normalized spacial score (nSPS) is 11.7. The van der Waals surface area contributed by atoms with Crippen LogP contribution in [-0.2, 0) is 12.8 Å². The van der Waals surface area contributed by atoms with Crippen LogP contribution in [0.2, 0.25) is 5.02 Å². The third kappa shape index (κ3) is 5.84. The van der Waals surface area contributed by atoms with Gasteiger partial charge in [0.15, 0.2) is 17.3 Å². The maximum Gasteiger partial charge on any atom is 0.416 e. The molecule has 0 saturated carbocycles. The highest BCUT2D eigenvalue weighted by molar-refractivity contribution is 6.30. The van der Waals surface area contributed by atoms with Gasteiger partial charge >= 0.3 is 6.18 Å². The number of alkyl halides is 3. The number of halogens is 4. The molecule has 0 unspecified atom stereocenters. The Kier molecular flexibility index (Phi) is 7.57. The smallest absolute Gasteiger partial charge is 0.416 e. The summed E-state index contributed by atoms with van der Waals surface area (Å²) in [5.74, 6) is 0.893. The monoisotopic (exact) mass is 563 g/mol. The first-order valence-electron chi connectivity index (χ1n) is 12.0. The van der Waals surface area contributed by atoms with Crippen molar-refractivity contribution in [2.75, 3.05) is 7.11 Å². The number of hydrogen-bond acceptors (Lipinski definition) is 5. The molecule has 0 atom stereocenters. The van der Waals surface area contributed by atoms with Gasteiger partial charge in [0.1, 0.15) is 6.61 Å². The zero-order chi connectivity index (χ0) is 28.3. The van der Waals surface area contributed by atoms with Gasteiger partial charge in [0, 0.05) is 10.6 Å². The summed E-state index contributed by atoms with van der Waals surface area (Å²) in [6, 6.07) is 23.5. The Bertz CT molecular complexity index is 1770. The number of methoxy groups -OCH3 is 1. The van der Waals surface area contributed by atoms with Gasteiger partial charge in [0.25, 0.3) is 5.56 Å². The van der Waals surface area contributed by atoms with Crippen LogP contribution >= 0.6 is 11.6 Å². The van der Waals surface area contributed by atoms with Crippen molar-refractivity contribution in [3.05, 3.63) is 123 Å². The fraction of sp³-hybridized carbons (Fsp3) is 0.100. The predicted octanol–water partition coefficient (Wildman–Crippen LogP) is 7.21. The van der Waals surface area contributed by atoms with Crippen molar-refractivity contribution in [3.63, 3.8) is 0 Å². The number of rotatable bonds is 7. The molecule has 5 rings (SSSR count). The molecule has 0 N–H and O–H groups in total. The molecule has 1 heterocycles. The molecule has 0 aliphatic heterocycles. The molecule has 0 amide bonds. The topological polar surface area (TPSA) is 65.7 Å². The van der Waals surface area contributed by atoms with Crippen LogP contribution in [0, 0.1) is 0 Å². The Morgan fingerprint density at radius 1 is 0.950 bits per heavy atom. The molecule has 0 radical (unpaired) electrons. The Balaban J connectivity index is 1.51. The molecule has 5 aromatic rings. The van der Waals surface area contributed by atoms with E-state index in [0.29, 0.717) is 34.2 Å². The Morgan fingerprint density at radius 2 is 1.73 bits per heavy atom. The maximum absolute atomic E-state index is 13.4. The largest absolute Gasteiger partial charge is 0.493 e. The summed E-state index contributed by atoms with van der Waals surface area (Å²) in [7, 11) is 1.49. The fourth-order valence-electron chi connectivity index (χ4n) is 4.00. The van der Waals surface area contributed by atoms with E-state index in [0.717, 1.165) is 22.4 Å². The molecule has 0 saturated heterocycles. The minimum absolute atomic E-state index is 0.0269. The maximum atomic E-state index is 13.4. The average Bonchev–Trinajstić information content (AvgIpc) is 2.96. The predicted molar refractivity (Wildman–Crippen MR) is 148 cm³/mol. The van der Waals surface area contributed by atoms with Crippen LogP contribution in [0.1, 0.15) is 16.7 Å². The second kappa shape index (κ2) is 11.2. The van der Waals surface area contributed by atoms with E-state index >= 15 is 0 Å². The van der Waals surface area contributed by atoms with E-state index in [2.05, 4.69) is 10.1 Å². The number of benzene rings is 4. The Morgan fingerprint density at radius 3 is 2.48 bits per heavy atom. The highest BCUT2D eigenvalue weighted by Crippen LogP contribution is 2.32. The Hall–Kier alpha value is -4.63. The molecular formula is C30H21ClF3N3O3. The number of hydrogen-bond donors (Lipinski definition) is 0. The standard InChI is InChI=1S/C30H21ClF3N3O3/c1-39-27-15-20(11-14-26(27)40-18-19-9-12-23(31)13-10-19)17-35-37-28(21-5-4-6-22(16-21)30(32,33)34)36-25-8-3-2-7-24(25)29(37)38/h2-17H,18H2,1H3. The highest BCUT2D eigenvalue weighted by atomic mass is 35.5. The number of para-hydroxylation sites is 1. The van der Waals surface area contributed by atoms with Crippen LogP contribution in [0.15, 0.2) is 101 Å². The average molecular weight is 564 g/mol. The van der Waals surface area contributed by atoms with Gasteiger partial charge in [-0.1, -0.05) is 48.0 Å². The van der Waals surface area contributed by atoms with Gasteiger partial charge in [-0.2, -0.15) is 22.9 Å². The Labute approximate surface area is 231 Å². The number of ether oxygens (including phenoxy) is 2. The summed E-state index contributed by atoms with van der Waals surface area (Å²) in [4.78, 5) is 17.9. The number of nitrogens with zero attached hydrogens (tertiary/aromatic N) is 3. The molecule has 4 aromatic carbocycles. The van der Waals surface area contributed by atoms with E-state index in [-0.39, 0.29) is 16.8 Å². The third-order valence-corrected chi connectivity index (χ3v) is 6.27. The zero-order valence-corrected chi connectivity index (χ0v) is 21.8. The van der Waals surface area contributed by atoms with Crippen molar-refractivity contribution in [2.24, 2.45) is 5.10 Å². The van der Waals surface area contributed by atoms with Crippen molar-refractivity contribution >= 4 is 28.7 Å². The fourth-order valence-corrected chi connectivity index (χ4v) is 4.13. The highest BCUT2D eigenvalue weighted by Gasteiger charge is 2.31. The summed E-state index contributed by atoms with van der Waals surface area (Å²) < 4.78 is 52.6. The first kappa shape index (κ1) is 27.0. The molecule has 0 spiro atoms. The molecule has 6 nitrogen and oxygen atoms in total. The summed E-state index contributed by atoms with van der Waals surface area (Å²) in [6.45, 7) is 0.291. The summed E-state index contributed by atoms with van der Waals surface area (Å²) in [5, 5.41) is 5.23. The molecular weight excluding hydrogens is 543 g/mol. The van der Waals surface area contributed by atoms with Gasteiger partial charge in [0.2, 0.25) is 0 Å². The molecule has 10 heteroatoms. The van der Waals surface area contributed by atoms with Crippen molar-refractivity contribution in [1.82, 2.24) is 9.66 Å². The number of fused-ring (bicyclic) bond motifs is 1. The summed E-state index contributed by atoms with van der Waals surface area (Å²) in [6.07, 6.45) is -3.16. The molecule has 0 bridgehead atoms. The summed E-state index contributed by atoms with van der Waals surface area (Å²) in [5.41, 5.74) is 0.535. The van der Waals surface area contributed by atoms with Gasteiger partial charge in [0.05, 0.1) is 29.8 Å². The van der Waals surface area contributed by atoms with Crippen LogP contribution in [0.25, 0.3) is 22.3 Å². The van der Waals surface area contributed by atoms with Gasteiger partial charge in [-0.05, 0) is 65.7 Å². The zero-order valence-electron chi connectivity index (χ0n) is 21.0. The van der Waals surface area contributed by atoms with Crippen molar-refractivity contribution < 1.29 is 22.6 Å². The molecule has 40 heavy (non-hydrogen) atoms. The lowest BCUT2D eigenvalue weighted by Crippen LogP contribution is -2.20. The van der Waals surface area contributed by atoms with Crippen LogP contribution in [0.3, 0.4) is 0 Å². The summed E-state index contributed by atoms with van der Waals surface area (Å²) >= 11 is 5.93. The molecule has 0 aliphatic carbocycles. The van der Waals surface area contributed by atoms with E-state index in [1.54, 1.807) is 54.6 Å². The van der Waals surface area contributed by atoms with E-state index in [1.807, 2.05) is 12.1 Å². The van der Waals surface area contributed by atoms with E-state index in [9.17, 15) is 18.0 Å². The lowest BCUT2D eigenvalue weighted by molar-refractivity contribution is -0.137. The van der Waals surface area contributed by atoms with Crippen molar-refractivity contribution in [2.45, 2.75) is 12.8 Å². The number of aromatic nitrogens is 2. The van der Waals surface area contributed by atoms with Crippen LogP contribution in [-0.4, -0.2) is 23.0 Å². The minimum atomic E-state index is -4.56. The van der Waals surface area contributed by atoms with E-state index < -0.39 is 17.3 Å². The second-order valence-electron chi connectivity index (χ2n) is 8.72. The van der Waals surface area contributed by atoms with Crippen LogP contribution in [0.5, 0.6) is 11.5 Å². The molecule has 0 aliphatic rings. The first-order valence-corrected chi connectivity index (χ1v) is 12.4. The van der Waals surface area contributed by atoms with Gasteiger partial charge in [-0.3, -0.25) is 4.79 Å². The van der Waals surface area contributed by atoms with E-state index in [1.165, 1.54) is 25.5 Å². The minimum Gasteiger partial charge on any atom is -0.493 e. The molecule has 202 valence electrons. The second-order valence-corrected chi connectivity index (χ2v) is 9.15. The van der Waals surface area contributed by atoms with Crippen molar-refractivity contribution in [3.8, 4) is 22.9 Å².